The summed E-state index contributed by atoms with van der Waals surface area (Å²) in [4.78, 5) is 4.33. The molecule has 0 aromatic heterocycles. The molecule has 2 N–H and O–H groups in total. The van der Waals surface area contributed by atoms with Crippen LogP contribution in [0.4, 0.5) is 0 Å². The zero-order valence-electron chi connectivity index (χ0n) is 11.5. The Balaban J connectivity index is 4.10. The summed E-state index contributed by atoms with van der Waals surface area (Å²) in [6.45, 7) is 9.15. The maximum atomic E-state index is 7.27. The highest BCUT2D eigenvalue weighted by Gasteiger charge is 1.96. The lowest BCUT2D eigenvalue weighted by Gasteiger charge is -2.06. The molecule has 0 fully saturated rings. The second-order valence-electron chi connectivity index (χ2n) is 4.31. The quantitative estimate of drug-likeness (QED) is 0.301. The Hall–Kier alpha value is -1.38. The third kappa shape index (κ3) is 8.43. The van der Waals surface area contributed by atoms with E-state index < -0.39 is 0 Å². The molecule has 0 aromatic rings. The van der Waals surface area contributed by atoms with Gasteiger partial charge in [-0.05, 0) is 32.6 Å². The molecule has 3 nitrogen and oxygen atoms in total. The van der Waals surface area contributed by atoms with Gasteiger partial charge in [0.25, 0.3) is 0 Å². The van der Waals surface area contributed by atoms with E-state index in [0.717, 1.165) is 19.4 Å². The first-order valence-electron chi connectivity index (χ1n) is 6.21. The van der Waals surface area contributed by atoms with E-state index >= 15 is 0 Å². The van der Waals surface area contributed by atoms with Gasteiger partial charge < -0.3 is 10.7 Å². The highest BCUT2D eigenvalue weighted by molar-refractivity contribution is 6.28. The van der Waals surface area contributed by atoms with E-state index in [4.69, 9.17) is 5.41 Å². The fourth-order valence-corrected chi connectivity index (χ4v) is 1.06. The molecule has 0 bridgehead atoms. The topological polar surface area (TPSA) is 48.2 Å². The van der Waals surface area contributed by atoms with Crippen molar-refractivity contribution in [3.8, 4) is 0 Å². The van der Waals surface area contributed by atoms with Gasteiger partial charge in [0, 0.05) is 12.7 Å². The molecule has 17 heavy (non-hydrogen) atoms. The summed E-state index contributed by atoms with van der Waals surface area (Å²) in [5, 5.41) is 10.3. The maximum absolute atomic E-state index is 7.27. The number of rotatable bonds is 7. The Kier molecular flexibility index (Phi) is 9.02. The number of nitrogens with zero attached hydrogens (tertiary/aromatic N) is 1. The molecule has 96 valence electrons. The van der Waals surface area contributed by atoms with E-state index in [9.17, 15) is 0 Å². The van der Waals surface area contributed by atoms with Crippen molar-refractivity contribution >= 4 is 12.1 Å². The van der Waals surface area contributed by atoms with Crippen LogP contribution >= 0.6 is 0 Å². The predicted molar refractivity (Wildman–Crippen MR) is 76.9 cm³/mol. The third-order valence-corrected chi connectivity index (χ3v) is 2.54. The third-order valence-electron chi connectivity index (χ3n) is 2.54. The first kappa shape index (κ1) is 15.6. The van der Waals surface area contributed by atoms with Crippen LogP contribution in [0.2, 0.25) is 0 Å². The lowest BCUT2D eigenvalue weighted by molar-refractivity contribution is 0.762. The molecule has 0 unspecified atom stereocenters. The van der Waals surface area contributed by atoms with Crippen molar-refractivity contribution in [3.63, 3.8) is 0 Å². The molecule has 0 saturated carbocycles. The van der Waals surface area contributed by atoms with Crippen LogP contribution in [0.15, 0.2) is 28.9 Å². The summed E-state index contributed by atoms with van der Waals surface area (Å²) in [7, 11) is 0. The second kappa shape index (κ2) is 9.82. The number of unbranched alkanes of at least 4 members (excludes halogenated alkanes) is 1. The molecular formula is C14H25N3. The summed E-state index contributed by atoms with van der Waals surface area (Å²) >= 11 is 0. The van der Waals surface area contributed by atoms with Gasteiger partial charge in [0.15, 0.2) is 0 Å². The number of nitrogens with one attached hydrogen (secondary N) is 2. The normalized spacial score (nSPS) is 13.5. The largest absolute Gasteiger partial charge is 0.346 e. The molecule has 0 aliphatic carbocycles. The van der Waals surface area contributed by atoms with Crippen LogP contribution in [0.5, 0.6) is 0 Å². The SMILES string of the molecule is C/C=C\CCCN=C(C=N)N/C=C(\C)C(C)C. The Morgan fingerprint density at radius 1 is 1.41 bits per heavy atom. The summed E-state index contributed by atoms with van der Waals surface area (Å²) in [5.41, 5.74) is 1.26. The van der Waals surface area contributed by atoms with Gasteiger partial charge in [-0.2, -0.15) is 0 Å². The molecule has 0 heterocycles. The van der Waals surface area contributed by atoms with Gasteiger partial charge in [0.1, 0.15) is 5.84 Å². The van der Waals surface area contributed by atoms with Crippen molar-refractivity contribution in [3.05, 3.63) is 23.9 Å². The number of allylic oxidation sites excluding steroid dienone is 3. The van der Waals surface area contributed by atoms with Crippen molar-refractivity contribution in [2.45, 2.75) is 40.5 Å². The van der Waals surface area contributed by atoms with E-state index in [1.54, 1.807) is 0 Å². The van der Waals surface area contributed by atoms with Crippen LogP contribution in [0.1, 0.15) is 40.5 Å². The van der Waals surface area contributed by atoms with Crippen LogP contribution in [0, 0.1) is 11.3 Å². The van der Waals surface area contributed by atoms with Crippen LogP contribution < -0.4 is 5.32 Å². The van der Waals surface area contributed by atoms with Crippen molar-refractivity contribution in [1.29, 1.82) is 5.41 Å². The van der Waals surface area contributed by atoms with Crippen molar-refractivity contribution in [1.82, 2.24) is 5.32 Å². The summed E-state index contributed by atoms with van der Waals surface area (Å²) in [6.07, 6.45) is 9.45. The predicted octanol–water partition coefficient (Wildman–Crippen LogP) is 3.54. The van der Waals surface area contributed by atoms with Gasteiger partial charge in [0.2, 0.25) is 0 Å². The molecule has 0 amide bonds. The van der Waals surface area contributed by atoms with Crippen LogP contribution in [0.25, 0.3) is 0 Å². The van der Waals surface area contributed by atoms with Gasteiger partial charge in [-0.1, -0.05) is 31.6 Å². The minimum absolute atomic E-state index is 0.518. The molecule has 0 rings (SSSR count). The van der Waals surface area contributed by atoms with Gasteiger partial charge in [0.05, 0.1) is 6.21 Å². The smallest absolute Gasteiger partial charge is 0.142 e. The average molecular weight is 235 g/mol. The zero-order valence-corrected chi connectivity index (χ0v) is 11.5. The number of hydrogen-bond donors (Lipinski definition) is 2. The van der Waals surface area contributed by atoms with Gasteiger partial charge in [-0.15, -0.1) is 0 Å². The zero-order chi connectivity index (χ0) is 13.1. The van der Waals surface area contributed by atoms with Crippen molar-refractivity contribution in [2.24, 2.45) is 10.9 Å². The van der Waals surface area contributed by atoms with Crippen molar-refractivity contribution < 1.29 is 0 Å². The lowest BCUT2D eigenvalue weighted by atomic mass is 10.1. The lowest BCUT2D eigenvalue weighted by Crippen LogP contribution is -2.20. The molecule has 0 spiro atoms. The van der Waals surface area contributed by atoms with Gasteiger partial charge in [-0.25, -0.2) is 0 Å². The van der Waals surface area contributed by atoms with Gasteiger partial charge >= 0.3 is 0 Å². The minimum Gasteiger partial charge on any atom is -0.346 e. The van der Waals surface area contributed by atoms with E-state index in [1.165, 1.54) is 11.8 Å². The Bertz CT molecular complexity index is 299. The summed E-state index contributed by atoms with van der Waals surface area (Å²) in [5.74, 6) is 1.15. The molecule has 0 atom stereocenters. The molecular weight excluding hydrogens is 210 g/mol. The van der Waals surface area contributed by atoms with Crippen LogP contribution in [-0.4, -0.2) is 18.6 Å². The molecule has 3 heteroatoms. The Morgan fingerprint density at radius 2 is 2.12 bits per heavy atom. The fraction of sp³-hybridized carbons (Fsp3) is 0.571. The average Bonchev–Trinajstić information content (AvgIpc) is 2.32. The van der Waals surface area contributed by atoms with E-state index in [-0.39, 0.29) is 0 Å². The van der Waals surface area contributed by atoms with E-state index in [0.29, 0.717) is 11.8 Å². The number of hydrogen-bond acceptors (Lipinski definition) is 2. The highest BCUT2D eigenvalue weighted by Crippen LogP contribution is 2.05. The first-order chi connectivity index (χ1) is 8.11. The second-order valence-corrected chi connectivity index (χ2v) is 4.31. The van der Waals surface area contributed by atoms with Gasteiger partial charge in [-0.3, -0.25) is 4.99 Å². The molecule has 0 radical (unpaired) electrons. The van der Waals surface area contributed by atoms with Crippen LogP contribution in [0.3, 0.4) is 0 Å². The summed E-state index contributed by atoms with van der Waals surface area (Å²) < 4.78 is 0. The van der Waals surface area contributed by atoms with Crippen molar-refractivity contribution in [2.75, 3.05) is 6.54 Å². The minimum atomic E-state index is 0.518. The monoisotopic (exact) mass is 235 g/mol. The van der Waals surface area contributed by atoms with Crippen LogP contribution in [-0.2, 0) is 0 Å². The van der Waals surface area contributed by atoms with E-state index in [2.05, 4.69) is 37.2 Å². The first-order valence-corrected chi connectivity index (χ1v) is 6.21. The summed E-state index contributed by atoms with van der Waals surface area (Å²) in [6, 6.07) is 0. The Morgan fingerprint density at radius 3 is 2.65 bits per heavy atom. The molecule has 0 saturated heterocycles. The molecule has 0 aliphatic rings. The maximum Gasteiger partial charge on any atom is 0.142 e. The molecule has 0 aromatic carbocycles. The Labute approximate surface area is 105 Å². The fourth-order valence-electron chi connectivity index (χ4n) is 1.06. The number of aliphatic imine (C=N–C) groups is 1. The number of amidine groups is 1. The highest BCUT2D eigenvalue weighted by atomic mass is 15.0. The molecule has 0 aliphatic heterocycles. The standard InChI is InChI=1S/C14H25N3/c1-5-6-7-8-9-16-14(10-15)17-11-13(4)12(2)3/h5-6,10-12,15H,7-9H2,1-4H3,(H,16,17)/b6-5-,13-11+,15-10?. The van der Waals surface area contributed by atoms with E-state index in [1.807, 2.05) is 19.2 Å².